The van der Waals surface area contributed by atoms with E-state index in [2.05, 4.69) is 28.4 Å². The largest absolute Gasteiger partial charge is 0.369 e. The standard InChI is InChI=1S/C12H17N3/c1-14-9-11-15(10-5-8-13)12-6-3-2-4-7-12/h2-4,6-7,14H,5,9-11H2,1H3. The van der Waals surface area contributed by atoms with Gasteiger partial charge in [0, 0.05) is 25.3 Å². The minimum atomic E-state index is 0.568. The molecule has 0 aliphatic heterocycles. The van der Waals surface area contributed by atoms with Crippen LogP contribution in [-0.2, 0) is 0 Å². The highest BCUT2D eigenvalue weighted by molar-refractivity contribution is 5.45. The topological polar surface area (TPSA) is 39.1 Å². The molecule has 0 fully saturated rings. The molecule has 0 heterocycles. The SMILES string of the molecule is CNCCN(CCC#N)c1ccccc1. The summed E-state index contributed by atoms with van der Waals surface area (Å²) in [6.07, 6.45) is 0.568. The molecular formula is C12H17N3. The summed E-state index contributed by atoms with van der Waals surface area (Å²) >= 11 is 0. The Labute approximate surface area is 91.3 Å². The fourth-order valence-electron chi connectivity index (χ4n) is 1.44. The third-order valence-corrected chi connectivity index (χ3v) is 2.25. The van der Waals surface area contributed by atoms with E-state index in [1.54, 1.807) is 0 Å². The second kappa shape index (κ2) is 6.86. The van der Waals surface area contributed by atoms with Crippen LogP contribution in [0.3, 0.4) is 0 Å². The molecule has 1 aromatic rings. The van der Waals surface area contributed by atoms with E-state index >= 15 is 0 Å². The average Bonchev–Trinajstić information content (AvgIpc) is 2.30. The van der Waals surface area contributed by atoms with Crippen LogP contribution in [0.15, 0.2) is 30.3 Å². The van der Waals surface area contributed by atoms with Crippen LogP contribution >= 0.6 is 0 Å². The average molecular weight is 203 g/mol. The fraction of sp³-hybridized carbons (Fsp3) is 0.417. The highest BCUT2D eigenvalue weighted by Crippen LogP contribution is 2.12. The van der Waals surface area contributed by atoms with Gasteiger partial charge in [-0.2, -0.15) is 5.26 Å². The molecule has 1 N–H and O–H groups in total. The van der Waals surface area contributed by atoms with Crippen LogP contribution in [0.1, 0.15) is 6.42 Å². The van der Waals surface area contributed by atoms with Gasteiger partial charge in [-0.1, -0.05) is 18.2 Å². The number of hydrogen-bond acceptors (Lipinski definition) is 3. The molecule has 0 atom stereocenters. The van der Waals surface area contributed by atoms with Crippen molar-refractivity contribution in [2.45, 2.75) is 6.42 Å². The predicted octanol–water partition coefficient (Wildman–Crippen LogP) is 1.63. The predicted molar refractivity (Wildman–Crippen MR) is 62.8 cm³/mol. The molecule has 3 nitrogen and oxygen atoms in total. The van der Waals surface area contributed by atoms with Crippen LogP contribution in [0.25, 0.3) is 0 Å². The second-order valence-corrected chi connectivity index (χ2v) is 3.33. The summed E-state index contributed by atoms with van der Waals surface area (Å²) in [6, 6.07) is 12.4. The molecule has 0 aromatic heterocycles. The lowest BCUT2D eigenvalue weighted by Crippen LogP contribution is -2.31. The van der Waals surface area contributed by atoms with Gasteiger partial charge < -0.3 is 10.2 Å². The maximum absolute atomic E-state index is 8.60. The number of para-hydroxylation sites is 1. The molecule has 3 heteroatoms. The van der Waals surface area contributed by atoms with Gasteiger partial charge >= 0.3 is 0 Å². The van der Waals surface area contributed by atoms with Crippen LogP contribution in [0.2, 0.25) is 0 Å². The maximum Gasteiger partial charge on any atom is 0.0640 e. The lowest BCUT2D eigenvalue weighted by Gasteiger charge is -2.23. The highest BCUT2D eigenvalue weighted by atomic mass is 15.1. The van der Waals surface area contributed by atoms with Gasteiger partial charge in [0.1, 0.15) is 0 Å². The molecule has 0 spiro atoms. The highest BCUT2D eigenvalue weighted by Gasteiger charge is 2.03. The molecule has 0 unspecified atom stereocenters. The Morgan fingerprint density at radius 1 is 1.27 bits per heavy atom. The summed E-state index contributed by atoms with van der Waals surface area (Å²) in [4.78, 5) is 2.22. The first-order valence-corrected chi connectivity index (χ1v) is 5.20. The van der Waals surface area contributed by atoms with Crippen molar-refractivity contribution in [3.63, 3.8) is 0 Å². The summed E-state index contributed by atoms with van der Waals surface area (Å²) in [5.74, 6) is 0. The van der Waals surface area contributed by atoms with Gasteiger partial charge in [0.2, 0.25) is 0 Å². The monoisotopic (exact) mass is 203 g/mol. The Hall–Kier alpha value is -1.53. The minimum Gasteiger partial charge on any atom is -0.369 e. The van der Waals surface area contributed by atoms with E-state index in [9.17, 15) is 0 Å². The lowest BCUT2D eigenvalue weighted by atomic mass is 10.2. The molecule has 15 heavy (non-hydrogen) atoms. The van der Waals surface area contributed by atoms with Gasteiger partial charge in [0.05, 0.1) is 12.5 Å². The Morgan fingerprint density at radius 3 is 2.60 bits per heavy atom. The smallest absolute Gasteiger partial charge is 0.0640 e. The number of likely N-dealkylation sites (N-methyl/N-ethyl adjacent to an activating group) is 1. The fourth-order valence-corrected chi connectivity index (χ4v) is 1.44. The van der Waals surface area contributed by atoms with Gasteiger partial charge in [-0.25, -0.2) is 0 Å². The Balaban J connectivity index is 2.59. The van der Waals surface area contributed by atoms with Crippen LogP contribution in [0.5, 0.6) is 0 Å². The van der Waals surface area contributed by atoms with Gasteiger partial charge in [0.15, 0.2) is 0 Å². The van der Waals surface area contributed by atoms with Crippen LogP contribution in [0, 0.1) is 11.3 Å². The van der Waals surface area contributed by atoms with E-state index in [0.29, 0.717) is 6.42 Å². The van der Waals surface area contributed by atoms with Gasteiger partial charge in [-0.05, 0) is 19.2 Å². The zero-order chi connectivity index (χ0) is 10.9. The van der Waals surface area contributed by atoms with Crippen LogP contribution < -0.4 is 10.2 Å². The third-order valence-electron chi connectivity index (χ3n) is 2.25. The zero-order valence-electron chi connectivity index (χ0n) is 9.11. The number of rotatable bonds is 6. The number of nitriles is 1. The molecule has 0 radical (unpaired) electrons. The van der Waals surface area contributed by atoms with Gasteiger partial charge in [-0.3, -0.25) is 0 Å². The van der Waals surface area contributed by atoms with Crippen molar-refractivity contribution < 1.29 is 0 Å². The molecule has 0 aliphatic rings. The van der Waals surface area contributed by atoms with Crippen LogP contribution in [-0.4, -0.2) is 26.7 Å². The summed E-state index contributed by atoms with van der Waals surface area (Å²) in [5.41, 5.74) is 1.18. The number of hydrogen-bond donors (Lipinski definition) is 1. The van der Waals surface area contributed by atoms with E-state index in [0.717, 1.165) is 19.6 Å². The molecule has 80 valence electrons. The number of benzene rings is 1. The van der Waals surface area contributed by atoms with Gasteiger partial charge in [-0.15, -0.1) is 0 Å². The normalized spacial score (nSPS) is 9.60. The van der Waals surface area contributed by atoms with Crippen molar-refractivity contribution in [1.82, 2.24) is 5.32 Å². The molecule has 0 amide bonds. The zero-order valence-corrected chi connectivity index (χ0v) is 9.11. The van der Waals surface area contributed by atoms with Crippen molar-refractivity contribution in [3.8, 4) is 6.07 Å². The summed E-state index contributed by atoms with van der Waals surface area (Å²) in [5, 5.41) is 11.7. The molecule has 0 aliphatic carbocycles. The number of anilines is 1. The first-order valence-electron chi connectivity index (χ1n) is 5.20. The molecule has 1 aromatic carbocycles. The quantitative estimate of drug-likeness (QED) is 0.763. The van der Waals surface area contributed by atoms with Gasteiger partial charge in [0.25, 0.3) is 0 Å². The summed E-state index contributed by atoms with van der Waals surface area (Å²) < 4.78 is 0. The van der Waals surface area contributed by atoms with E-state index in [4.69, 9.17) is 5.26 Å². The van der Waals surface area contributed by atoms with E-state index < -0.39 is 0 Å². The molecular weight excluding hydrogens is 186 g/mol. The Morgan fingerprint density at radius 2 is 2.00 bits per heavy atom. The first-order chi connectivity index (χ1) is 7.38. The van der Waals surface area contributed by atoms with Crippen molar-refractivity contribution in [2.24, 2.45) is 0 Å². The molecule has 1 rings (SSSR count). The minimum absolute atomic E-state index is 0.568. The van der Waals surface area contributed by atoms with Crippen molar-refractivity contribution in [2.75, 3.05) is 31.6 Å². The van der Waals surface area contributed by atoms with Crippen molar-refractivity contribution in [1.29, 1.82) is 5.26 Å². The third kappa shape index (κ3) is 4.01. The Kier molecular flexibility index (Phi) is 5.28. The van der Waals surface area contributed by atoms with Crippen LogP contribution in [0.4, 0.5) is 5.69 Å². The maximum atomic E-state index is 8.60. The summed E-state index contributed by atoms with van der Waals surface area (Å²) in [6.45, 7) is 2.66. The molecule has 0 saturated carbocycles. The van der Waals surface area contributed by atoms with Crippen molar-refractivity contribution in [3.05, 3.63) is 30.3 Å². The lowest BCUT2D eigenvalue weighted by molar-refractivity contribution is 0.723. The number of nitrogens with zero attached hydrogens (tertiary/aromatic N) is 2. The Bertz CT molecular complexity index is 302. The van der Waals surface area contributed by atoms with E-state index in [1.807, 2.05) is 25.2 Å². The molecule has 0 saturated heterocycles. The number of nitrogens with one attached hydrogen (secondary N) is 1. The molecule has 0 bridgehead atoms. The van der Waals surface area contributed by atoms with E-state index in [-0.39, 0.29) is 0 Å². The second-order valence-electron chi connectivity index (χ2n) is 3.33. The first kappa shape index (κ1) is 11.5. The van der Waals surface area contributed by atoms with Crippen molar-refractivity contribution >= 4 is 5.69 Å². The summed E-state index contributed by atoms with van der Waals surface area (Å²) in [7, 11) is 1.94. The van der Waals surface area contributed by atoms with E-state index in [1.165, 1.54) is 5.69 Å².